The third-order valence-electron chi connectivity index (χ3n) is 3.11. The van der Waals surface area contributed by atoms with Crippen LogP contribution in [0.3, 0.4) is 0 Å². The molecule has 2 unspecified atom stereocenters. The van der Waals surface area contributed by atoms with Gasteiger partial charge in [0.05, 0.1) is 0 Å². The molecular weight excluding hydrogens is 162 g/mol. The lowest BCUT2D eigenvalue weighted by Crippen LogP contribution is -2.37. The van der Waals surface area contributed by atoms with Crippen LogP contribution in [0.25, 0.3) is 0 Å². The van der Waals surface area contributed by atoms with Crippen LogP contribution in [0.15, 0.2) is 0 Å². The molecule has 0 radical (unpaired) electrons. The Kier molecular flexibility index (Phi) is 4.16. The molecule has 1 aliphatic heterocycles. The fraction of sp³-hybridized carbons (Fsp3) is 1.00. The highest BCUT2D eigenvalue weighted by Crippen LogP contribution is 2.15. The summed E-state index contributed by atoms with van der Waals surface area (Å²) in [5.74, 6) is 0.745. The average molecular weight is 185 g/mol. The van der Waals surface area contributed by atoms with E-state index in [0.29, 0.717) is 6.04 Å². The van der Waals surface area contributed by atoms with E-state index in [1.807, 2.05) is 0 Å². The second-order valence-corrected chi connectivity index (χ2v) is 4.46. The van der Waals surface area contributed by atoms with Gasteiger partial charge in [-0.15, -0.1) is 0 Å². The lowest BCUT2D eigenvalue weighted by atomic mass is 10.1. The molecule has 1 aliphatic rings. The Bertz CT molecular complexity index is 147. The standard InChI is InChI=1S/C10H23N3/c1-9(12(2)3)7-13-5-4-10(6-11)8-13/h9-10H,4-8,11H2,1-3H3. The molecule has 0 bridgehead atoms. The van der Waals surface area contributed by atoms with E-state index < -0.39 is 0 Å². The van der Waals surface area contributed by atoms with E-state index in [-0.39, 0.29) is 0 Å². The first kappa shape index (κ1) is 11.0. The second-order valence-electron chi connectivity index (χ2n) is 4.46. The Labute approximate surface area is 81.9 Å². The van der Waals surface area contributed by atoms with E-state index in [4.69, 9.17) is 5.73 Å². The maximum Gasteiger partial charge on any atom is 0.0188 e. The van der Waals surface area contributed by atoms with Crippen LogP contribution in [0.5, 0.6) is 0 Å². The summed E-state index contributed by atoms with van der Waals surface area (Å²) >= 11 is 0. The number of hydrogen-bond donors (Lipinski definition) is 1. The predicted molar refractivity (Wildman–Crippen MR) is 56.8 cm³/mol. The monoisotopic (exact) mass is 185 g/mol. The molecule has 2 atom stereocenters. The van der Waals surface area contributed by atoms with Crippen molar-refractivity contribution >= 4 is 0 Å². The fourth-order valence-corrected chi connectivity index (χ4v) is 1.81. The van der Waals surface area contributed by atoms with Gasteiger partial charge in [-0.25, -0.2) is 0 Å². The third-order valence-corrected chi connectivity index (χ3v) is 3.11. The van der Waals surface area contributed by atoms with Crippen LogP contribution in [0.4, 0.5) is 0 Å². The molecule has 1 heterocycles. The van der Waals surface area contributed by atoms with Crippen LogP contribution in [0.2, 0.25) is 0 Å². The number of nitrogens with two attached hydrogens (primary N) is 1. The second kappa shape index (κ2) is 4.94. The summed E-state index contributed by atoms with van der Waals surface area (Å²) < 4.78 is 0. The molecule has 2 N–H and O–H groups in total. The van der Waals surface area contributed by atoms with Gasteiger partial charge in [0.2, 0.25) is 0 Å². The molecule has 0 amide bonds. The van der Waals surface area contributed by atoms with Crippen LogP contribution in [0, 0.1) is 5.92 Å². The molecule has 78 valence electrons. The Morgan fingerprint density at radius 3 is 2.69 bits per heavy atom. The first-order chi connectivity index (χ1) is 6.13. The first-order valence-electron chi connectivity index (χ1n) is 5.22. The quantitative estimate of drug-likeness (QED) is 0.680. The minimum atomic E-state index is 0.650. The molecule has 1 rings (SSSR count). The van der Waals surface area contributed by atoms with Gasteiger partial charge in [-0.1, -0.05) is 0 Å². The van der Waals surface area contributed by atoms with Crippen molar-refractivity contribution in [3.63, 3.8) is 0 Å². The summed E-state index contributed by atoms with van der Waals surface area (Å²) in [6.45, 7) is 6.75. The van der Waals surface area contributed by atoms with E-state index >= 15 is 0 Å². The van der Waals surface area contributed by atoms with Crippen molar-refractivity contribution < 1.29 is 0 Å². The van der Waals surface area contributed by atoms with Crippen molar-refractivity contribution in [1.29, 1.82) is 0 Å². The van der Waals surface area contributed by atoms with E-state index in [0.717, 1.165) is 12.5 Å². The molecule has 0 saturated carbocycles. The maximum atomic E-state index is 5.65. The lowest BCUT2D eigenvalue weighted by Gasteiger charge is -2.25. The summed E-state index contributed by atoms with van der Waals surface area (Å²) in [7, 11) is 4.28. The Morgan fingerprint density at radius 2 is 2.23 bits per heavy atom. The number of rotatable bonds is 4. The molecule has 0 aromatic rings. The van der Waals surface area contributed by atoms with Gasteiger partial charge in [0.15, 0.2) is 0 Å². The van der Waals surface area contributed by atoms with Crippen LogP contribution in [0.1, 0.15) is 13.3 Å². The molecule has 3 nitrogen and oxygen atoms in total. The van der Waals surface area contributed by atoms with Gasteiger partial charge in [-0.05, 0) is 46.4 Å². The van der Waals surface area contributed by atoms with E-state index in [1.54, 1.807) is 0 Å². The van der Waals surface area contributed by atoms with Crippen LogP contribution in [-0.4, -0.2) is 56.1 Å². The molecule has 0 aliphatic carbocycles. The Balaban J connectivity index is 2.23. The fourth-order valence-electron chi connectivity index (χ4n) is 1.81. The van der Waals surface area contributed by atoms with Crippen molar-refractivity contribution in [3.8, 4) is 0 Å². The maximum absolute atomic E-state index is 5.65. The van der Waals surface area contributed by atoms with Crippen molar-refractivity contribution in [2.24, 2.45) is 11.7 Å². The smallest absolute Gasteiger partial charge is 0.0188 e. The Morgan fingerprint density at radius 1 is 1.54 bits per heavy atom. The SMILES string of the molecule is CC(CN1CCC(CN)C1)N(C)C. The zero-order valence-electron chi connectivity index (χ0n) is 9.16. The largest absolute Gasteiger partial charge is 0.330 e. The highest BCUT2D eigenvalue weighted by Gasteiger charge is 2.22. The zero-order valence-corrected chi connectivity index (χ0v) is 9.16. The summed E-state index contributed by atoms with van der Waals surface area (Å²) in [6, 6.07) is 0.650. The molecule has 1 saturated heterocycles. The third kappa shape index (κ3) is 3.25. The van der Waals surface area contributed by atoms with Gasteiger partial charge >= 0.3 is 0 Å². The summed E-state index contributed by atoms with van der Waals surface area (Å²) in [6.07, 6.45) is 1.29. The molecule has 1 fully saturated rings. The number of nitrogens with zero attached hydrogens (tertiary/aromatic N) is 2. The van der Waals surface area contributed by atoms with Gasteiger partial charge in [0.1, 0.15) is 0 Å². The van der Waals surface area contributed by atoms with Gasteiger partial charge in [0.25, 0.3) is 0 Å². The molecule has 0 aromatic carbocycles. The number of likely N-dealkylation sites (N-methyl/N-ethyl adjacent to an activating group) is 1. The minimum absolute atomic E-state index is 0.650. The molecular formula is C10H23N3. The number of likely N-dealkylation sites (tertiary alicyclic amines) is 1. The van der Waals surface area contributed by atoms with Crippen molar-refractivity contribution in [3.05, 3.63) is 0 Å². The van der Waals surface area contributed by atoms with Crippen molar-refractivity contribution in [1.82, 2.24) is 9.80 Å². The average Bonchev–Trinajstić information content (AvgIpc) is 2.52. The van der Waals surface area contributed by atoms with Crippen LogP contribution < -0.4 is 5.73 Å². The highest BCUT2D eigenvalue weighted by atomic mass is 15.2. The predicted octanol–water partition coefficient (Wildman–Crippen LogP) is 0.217. The van der Waals surface area contributed by atoms with Gasteiger partial charge in [0, 0.05) is 19.1 Å². The summed E-state index contributed by atoms with van der Waals surface area (Å²) in [5.41, 5.74) is 5.65. The summed E-state index contributed by atoms with van der Waals surface area (Å²) in [4.78, 5) is 4.80. The van der Waals surface area contributed by atoms with Crippen LogP contribution in [-0.2, 0) is 0 Å². The highest BCUT2D eigenvalue weighted by molar-refractivity contribution is 4.78. The molecule has 0 aromatic heterocycles. The normalized spacial score (nSPS) is 27.0. The summed E-state index contributed by atoms with van der Waals surface area (Å²) in [5, 5.41) is 0. The van der Waals surface area contributed by atoms with E-state index in [9.17, 15) is 0 Å². The molecule has 13 heavy (non-hydrogen) atoms. The molecule has 0 spiro atoms. The minimum Gasteiger partial charge on any atom is -0.330 e. The topological polar surface area (TPSA) is 32.5 Å². The first-order valence-corrected chi connectivity index (χ1v) is 5.22. The van der Waals surface area contributed by atoms with Crippen LogP contribution >= 0.6 is 0 Å². The zero-order chi connectivity index (χ0) is 9.84. The number of hydrogen-bond acceptors (Lipinski definition) is 3. The van der Waals surface area contributed by atoms with Crippen molar-refractivity contribution in [2.75, 3.05) is 40.3 Å². The van der Waals surface area contributed by atoms with Crippen molar-refractivity contribution in [2.45, 2.75) is 19.4 Å². The Hall–Kier alpha value is -0.120. The van der Waals surface area contributed by atoms with Gasteiger partial charge in [-0.2, -0.15) is 0 Å². The lowest BCUT2D eigenvalue weighted by molar-refractivity contribution is 0.216. The van der Waals surface area contributed by atoms with Gasteiger partial charge < -0.3 is 15.5 Å². The molecule has 3 heteroatoms. The van der Waals surface area contributed by atoms with Gasteiger partial charge in [-0.3, -0.25) is 0 Å². The van der Waals surface area contributed by atoms with E-state index in [1.165, 1.54) is 26.1 Å². The van der Waals surface area contributed by atoms with E-state index in [2.05, 4.69) is 30.8 Å².